The maximum Gasteiger partial charge on any atom is 0.297 e. The summed E-state index contributed by atoms with van der Waals surface area (Å²) in [5.74, 6) is 1.13. The second-order valence-corrected chi connectivity index (χ2v) is 8.56. The van der Waals surface area contributed by atoms with E-state index in [0.717, 1.165) is 37.1 Å². The predicted molar refractivity (Wildman–Crippen MR) is 81.8 cm³/mol. The number of nitrogens with one attached hydrogen (secondary N) is 1. The minimum Gasteiger partial charge on any atom is -0.432 e. The van der Waals surface area contributed by atoms with Crippen LogP contribution < -0.4 is 10.2 Å². The highest BCUT2D eigenvalue weighted by Crippen LogP contribution is 2.31. The van der Waals surface area contributed by atoms with Crippen LogP contribution in [0.1, 0.15) is 40.3 Å². The highest BCUT2D eigenvalue weighted by molar-refractivity contribution is 8.00. The van der Waals surface area contributed by atoms with Crippen LogP contribution in [-0.2, 0) is 6.54 Å². The Hall–Kier alpha value is -0.680. The Morgan fingerprint density at radius 2 is 2.21 bits per heavy atom. The van der Waals surface area contributed by atoms with Crippen LogP contribution in [0.25, 0.3) is 0 Å². The molecule has 0 amide bonds. The number of rotatable bonds is 3. The normalized spacial score (nSPS) is 19.7. The second-order valence-electron chi connectivity index (χ2n) is 6.75. The zero-order valence-corrected chi connectivity index (χ0v) is 13.4. The van der Waals surface area contributed by atoms with Gasteiger partial charge in [0, 0.05) is 35.7 Å². The number of anilines is 1. The fraction of sp³-hybridized carbons (Fsp3) is 0.786. The molecule has 0 unspecified atom stereocenters. The van der Waals surface area contributed by atoms with Gasteiger partial charge in [-0.3, -0.25) is 0 Å². The third-order valence-electron chi connectivity index (χ3n) is 3.04. The maximum atomic E-state index is 5.63. The van der Waals surface area contributed by atoms with Crippen molar-refractivity contribution in [3.63, 3.8) is 0 Å². The summed E-state index contributed by atoms with van der Waals surface area (Å²) < 4.78 is 5.90. The fourth-order valence-electron chi connectivity index (χ4n) is 2.06. The van der Waals surface area contributed by atoms with Crippen molar-refractivity contribution in [2.45, 2.75) is 51.4 Å². The third-order valence-corrected chi connectivity index (χ3v) is 4.33. The number of thioether (sulfide) groups is 1. The molecule has 0 saturated carbocycles. The van der Waals surface area contributed by atoms with E-state index in [4.69, 9.17) is 4.42 Å². The molecule has 1 aromatic rings. The summed E-state index contributed by atoms with van der Waals surface area (Å²) in [4.78, 5) is 6.84. The van der Waals surface area contributed by atoms with Crippen LogP contribution in [0.3, 0.4) is 0 Å². The van der Waals surface area contributed by atoms with Gasteiger partial charge in [0.2, 0.25) is 0 Å². The molecule has 1 aromatic heterocycles. The summed E-state index contributed by atoms with van der Waals surface area (Å²) in [5.41, 5.74) is 1.07. The molecule has 1 aliphatic rings. The monoisotopic (exact) mass is 283 g/mol. The number of oxazole rings is 1. The number of aromatic nitrogens is 1. The molecule has 108 valence electrons. The lowest BCUT2D eigenvalue weighted by atomic mass is 10.1. The van der Waals surface area contributed by atoms with Crippen molar-refractivity contribution in [3.05, 3.63) is 12.0 Å². The molecule has 0 radical (unpaired) electrons. The molecule has 0 spiro atoms. The van der Waals surface area contributed by atoms with Gasteiger partial charge < -0.3 is 14.6 Å². The summed E-state index contributed by atoms with van der Waals surface area (Å²) in [6.45, 7) is 13.8. The van der Waals surface area contributed by atoms with E-state index in [0.29, 0.717) is 0 Å². The topological polar surface area (TPSA) is 41.3 Å². The lowest BCUT2D eigenvalue weighted by Gasteiger charge is -2.36. The summed E-state index contributed by atoms with van der Waals surface area (Å²) in [6.07, 6.45) is 1.77. The summed E-state index contributed by atoms with van der Waals surface area (Å²) in [6, 6.07) is 0.763. The lowest BCUT2D eigenvalue weighted by molar-refractivity contribution is 0.421. The van der Waals surface area contributed by atoms with Crippen molar-refractivity contribution in [1.82, 2.24) is 10.3 Å². The predicted octanol–water partition coefficient (Wildman–Crippen LogP) is 2.89. The largest absolute Gasteiger partial charge is 0.432 e. The molecule has 19 heavy (non-hydrogen) atoms. The van der Waals surface area contributed by atoms with Crippen molar-refractivity contribution in [1.29, 1.82) is 0 Å². The van der Waals surface area contributed by atoms with Gasteiger partial charge in [-0.2, -0.15) is 16.7 Å². The van der Waals surface area contributed by atoms with Gasteiger partial charge in [0.15, 0.2) is 0 Å². The van der Waals surface area contributed by atoms with Crippen molar-refractivity contribution in [2.75, 3.05) is 23.7 Å². The van der Waals surface area contributed by atoms with Gasteiger partial charge in [-0.15, -0.1) is 0 Å². The van der Waals surface area contributed by atoms with Crippen LogP contribution in [0.4, 0.5) is 6.01 Å². The summed E-state index contributed by atoms with van der Waals surface area (Å²) in [5, 5.41) is 3.43. The van der Waals surface area contributed by atoms with Gasteiger partial charge in [0.1, 0.15) is 6.26 Å². The maximum absolute atomic E-state index is 5.63. The summed E-state index contributed by atoms with van der Waals surface area (Å²) >= 11 is 2.02. The van der Waals surface area contributed by atoms with Gasteiger partial charge >= 0.3 is 0 Å². The van der Waals surface area contributed by atoms with Crippen LogP contribution >= 0.6 is 11.8 Å². The lowest BCUT2D eigenvalue weighted by Crippen LogP contribution is -2.43. The van der Waals surface area contributed by atoms with Gasteiger partial charge in [0.25, 0.3) is 6.01 Å². The minimum absolute atomic E-state index is 0.100. The Labute approximate surface area is 120 Å². The highest BCUT2D eigenvalue weighted by atomic mass is 32.2. The zero-order valence-electron chi connectivity index (χ0n) is 12.6. The van der Waals surface area contributed by atoms with E-state index in [1.54, 1.807) is 6.26 Å². The SMILES string of the molecule is CC(C)(C)NCc1coc(N2CCSC(C)(C)C2)n1. The molecular formula is C14H25N3OS. The van der Waals surface area contributed by atoms with E-state index < -0.39 is 0 Å². The van der Waals surface area contributed by atoms with Crippen LogP contribution in [0, 0.1) is 0 Å². The molecule has 1 saturated heterocycles. The first-order chi connectivity index (χ1) is 8.75. The Morgan fingerprint density at radius 3 is 2.84 bits per heavy atom. The molecule has 0 aliphatic carbocycles. The van der Waals surface area contributed by atoms with Gasteiger partial charge in [-0.1, -0.05) is 0 Å². The van der Waals surface area contributed by atoms with Crippen molar-refractivity contribution >= 4 is 17.8 Å². The van der Waals surface area contributed by atoms with Gasteiger partial charge in [-0.05, 0) is 34.6 Å². The Bertz CT molecular complexity index is 423. The molecule has 1 N–H and O–H groups in total. The number of nitrogens with zero attached hydrogens (tertiary/aromatic N) is 2. The fourth-order valence-corrected chi connectivity index (χ4v) is 3.17. The first-order valence-electron chi connectivity index (χ1n) is 6.84. The Kier molecular flexibility index (Phi) is 4.16. The van der Waals surface area contributed by atoms with E-state index in [-0.39, 0.29) is 10.3 Å². The number of hydrogen-bond donors (Lipinski definition) is 1. The van der Waals surface area contributed by atoms with Crippen molar-refractivity contribution in [2.24, 2.45) is 0 Å². The average Bonchev–Trinajstić information content (AvgIpc) is 2.72. The van der Waals surface area contributed by atoms with Gasteiger partial charge in [-0.25, -0.2) is 0 Å². The second kappa shape index (κ2) is 5.37. The average molecular weight is 283 g/mol. The standard InChI is InChI=1S/C14H25N3OS/c1-13(2,3)15-8-11-9-18-12(16-11)17-6-7-19-14(4,5)10-17/h9,15H,6-8,10H2,1-5H3. The van der Waals surface area contributed by atoms with Crippen LogP contribution in [0.15, 0.2) is 10.7 Å². The zero-order chi connectivity index (χ0) is 14.1. The van der Waals surface area contributed by atoms with E-state index in [9.17, 15) is 0 Å². The molecule has 4 nitrogen and oxygen atoms in total. The molecule has 1 aliphatic heterocycles. The molecule has 5 heteroatoms. The van der Waals surface area contributed by atoms with Crippen molar-refractivity contribution < 1.29 is 4.42 Å². The smallest absolute Gasteiger partial charge is 0.297 e. The molecule has 1 fully saturated rings. The minimum atomic E-state index is 0.100. The molecule has 0 bridgehead atoms. The third kappa shape index (κ3) is 4.42. The van der Waals surface area contributed by atoms with Gasteiger partial charge in [0.05, 0.1) is 5.69 Å². The quantitative estimate of drug-likeness (QED) is 0.924. The van der Waals surface area contributed by atoms with Crippen LogP contribution in [-0.4, -0.2) is 34.1 Å². The van der Waals surface area contributed by atoms with E-state index >= 15 is 0 Å². The van der Waals surface area contributed by atoms with Crippen molar-refractivity contribution in [3.8, 4) is 0 Å². The van der Waals surface area contributed by atoms with Crippen LogP contribution in [0.5, 0.6) is 0 Å². The van der Waals surface area contributed by atoms with E-state index in [2.05, 4.69) is 49.8 Å². The molecule has 0 aromatic carbocycles. The Morgan fingerprint density at radius 1 is 1.47 bits per heavy atom. The first-order valence-corrected chi connectivity index (χ1v) is 7.82. The number of hydrogen-bond acceptors (Lipinski definition) is 5. The first kappa shape index (κ1) is 14.7. The van der Waals surface area contributed by atoms with E-state index in [1.165, 1.54) is 0 Å². The molecular weight excluding hydrogens is 258 g/mol. The summed E-state index contributed by atoms with van der Waals surface area (Å²) in [7, 11) is 0. The highest BCUT2D eigenvalue weighted by Gasteiger charge is 2.29. The molecule has 0 atom stereocenters. The van der Waals surface area contributed by atoms with Crippen LogP contribution in [0.2, 0.25) is 0 Å². The molecule has 2 heterocycles. The Balaban J connectivity index is 1.97. The van der Waals surface area contributed by atoms with E-state index in [1.807, 2.05) is 11.8 Å². The molecule has 2 rings (SSSR count).